The van der Waals surface area contributed by atoms with Crippen molar-refractivity contribution in [3.63, 3.8) is 0 Å². The zero-order chi connectivity index (χ0) is 11.6. The Hall–Kier alpha value is -0.340. The second-order valence-electron chi connectivity index (χ2n) is 4.98. The molecule has 88 valence electrons. The zero-order valence-corrected chi connectivity index (χ0v) is 11.6. The van der Waals surface area contributed by atoms with Crippen LogP contribution in [-0.4, -0.2) is 18.5 Å². The molecule has 1 aromatic rings. The van der Waals surface area contributed by atoms with Crippen LogP contribution in [0.2, 0.25) is 0 Å². The van der Waals surface area contributed by atoms with E-state index in [0.29, 0.717) is 5.41 Å². The molecular weight excluding hydrogens is 264 g/mol. The molecule has 1 aromatic carbocycles. The highest BCUT2D eigenvalue weighted by Gasteiger charge is 2.34. The molecule has 1 atom stereocenters. The molecule has 16 heavy (non-hydrogen) atoms. The first-order valence-corrected chi connectivity index (χ1v) is 6.98. The van der Waals surface area contributed by atoms with Crippen molar-refractivity contribution >= 4 is 15.9 Å². The summed E-state index contributed by atoms with van der Waals surface area (Å²) in [5.41, 5.74) is 4.64. The van der Waals surface area contributed by atoms with Crippen LogP contribution in [-0.2, 0) is 11.2 Å². The van der Waals surface area contributed by atoms with E-state index in [0.717, 1.165) is 25.0 Å². The SMILES string of the molecule is Cc1cccc(C)c1CC1(CBr)CCOC1. The molecule has 0 amide bonds. The van der Waals surface area contributed by atoms with Crippen molar-refractivity contribution < 1.29 is 4.74 Å². The van der Waals surface area contributed by atoms with Crippen molar-refractivity contribution in [2.24, 2.45) is 5.41 Å². The van der Waals surface area contributed by atoms with Gasteiger partial charge in [-0.05, 0) is 43.4 Å². The lowest BCUT2D eigenvalue weighted by Crippen LogP contribution is -2.26. The Morgan fingerprint density at radius 2 is 2.00 bits per heavy atom. The standard InChI is InChI=1S/C14H19BrO/c1-11-4-3-5-12(2)13(11)8-14(9-15)6-7-16-10-14/h3-5H,6-10H2,1-2H3. The van der Waals surface area contributed by atoms with Gasteiger partial charge in [0.1, 0.15) is 0 Å². The van der Waals surface area contributed by atoms with E-state index in [1.165, 1.54) is 23.1 Å². The fourth-order valence-corrected chi connectivity index (χ4v) is 3.08. The number of halogens is 1. The van der Waals surface area contributed by atoms with Gasteiger partial charge in [0, 0.05) is 17.4 Å². The van der Waals surface area contributed by atoms with Crippen molar-refractivity contribution in [2.45, 2.75) is 26.7 Å². The summed E-state index contributed by atoms with van der Waals surface area (Å²) in [4.78, 5) is 0. The summed E-state index contributed by atoms with van der Waals surface area (Å²) in [6, 6.07) is 6.56. The van der Waals surface area contributed by atoms with Crippen LogP contribution in [0.25, 0.3) is 0 Å². The summed E-state index contributed by atoms with van der Waals surface area (Å²) in [5, 5.41) is 1.04. The quantitative estimate of drug-likeness (QED) is 0.769. The molecule has 1 unspecified atom stereocenters. The van der Waals surface area contributed by atoms with E-state index < -0.39 is 0 Å². The summed E-state index contributed by atoms with van der Waals surface area (Å²) < 4.78 is 5.57. The van der Waals surface area contributed by atoms with Gasteiger partial charge in [-0.1, -0.05) is 34.1 Å². The largest absolute Gasteiger partial charge is 0.381 e. The number of alkyl halides is 1. The van der Waals surface area contributed by atoms with Crippen LogP contribution in [0.3, 0.4) is 0 Å². The molecule has 1 nitrogen and oxygen atoms in total. The van der Waals surface area contributed by atoms with Gasteiger partial charge in [-0.15, -0.1) is 0 Å². The molecule has 1 fully saturated rings. The molecular formula is C14H19BrO. The normalized spacial score (nSPS) is 24.9. The number of rotatable bonds is 3. The molecule has 0 N–H and O–H groups in total. The van der Waals surface area contributed by atoms with E-state index in [9.17, 15) is 0 Å². The van der Waals surface area contributed by atoms with Crippen molar-refractivity contribution in [2.75, 3.05) is 18.5 Å². The van der Waals surface area contributed by atoms with Crippen LogP contribution < -0.4 is 0 Å². The average Bonchev–Trinajstić information content (AvgIpc) is 2.73. The maximum absolute atomic E-state index is 5.57. The number of benzene rings is 1. The lowest BCUT2D eigenvalue weighted by molar-refractivity contribution is 0.162. The van der Waals surface area contributed by atoms with Gasteiger partial charge >= 0.3 is 0 Å². The Morgan fingerprint density at radius 1 is 1.31 bits per heavy atom. The predicted octanol–water partition coefficient (Wildman–Crippen LogP) is 3.65. The molecule has 2 rings (SSSR count). The highest BCUT2D eigenvalue weighted by atomic mass is 79.9. The molecule has 0 aliphatic carbocycles. The number of hydrogen-bond acceptors (Lipinski definition) is 1. The number of hydrogen-bond donors (Lipinski definition) is 0. The minimum Gasteiger partial charge on any atom is -0.381 e. The number of ether oxygens (including phenoxy) is 1. The van der Waals surface area contributed by atoms with E-state index >= 15 is 0 Å². The van der Waals surface area contributed by atoms with Crippen LogP contribution in [0, 0.1) is 19.3 Å². The third-order valence-electron chi connectivity index (χ3n) is 3.66. The Morgan fingerprint density at radius 3 is 2.50 bits per heavy atom. The fraction of sp³-hybridized carbons (Fsp3) is 0.571. The van der Waals surface area contributed by atoms with Gasteiger partial charge in [0.15, 0.2) is 0 Å². The van der Waals surface area contributed by atoms with Gasteiger partial charge in [0.2, 0.25) is 0 Å². The molecule has 0 saturated carbocycles. The van der Waals surface area contributed by atoms with E-state index in [-0.39, 0.29) is 0 Å². The summed E-state index contributed by atoms with van der Waals surface area (Å²) in [6.45, 7) is 6.22. The lowest BCUT2D eigenvalue weighted by atomic mass is 9.80. The molecule has 1 heterocycles. The Kier molecular flexibility index (Phi) is 3.70. The first kappa shape index (κ1) is 12.1. The maximum atomic E-state index is 5.57. The van der Waals surface area contributed by atoms with Gasteiger partial charge in [-0.25, -0.2) is 0 Å². The highest BCUT2D eigenvalue weighted by molar-refractivity contribution is 9.09. The van der Waals surface area contributed by atoms with E-state index in [2.05, 4.69) is 48.0 Å². The molecule has 0 spiro atoms. The summed E-state index contributed by atoms with van der Waals surface area (Å²) in [7, 11) is 0. The summed E-state index contributed by atoms with van der Waals surface area (Å²) >= 11 is 3.66. The molecule has 2 heteroatoms. The molecule has 1 aliphatic heterocycles. The smallest absolute Gasteiger partial charge is 0.0534 e. The highest BCUT2D eigenvalue weighted by Crippen LogP contribution is 2.36. The van der Waals surface area contributed by atoms with Crippen LogP contribution in [0.1, 0.15) is 23.1 Å². The fourth-order valence-electron chi connectivity index (χ4n) is 2.44. The number of aryl methyl sites for hydroxylation is 2. The lowest BCUT2D eigenvalue weighted by Gasteiger charge is -2.26. The Balaban J connectivity index is 2.25. The van der Waals surface area contributed by atoms with E-state index in [4.69, 9.17) is 4.74 Å². The van der Waals surface area contributed by atoms with Crippen LogP contribution in [0.15, 0.2) is 18.2 Å². The van der Waals surface area contributed by atoms with E-state index in [1.807, 2.05) is 0 Å². The van der Waals surface area contributed by atoms with Gasteiger partial charge < -0.3 is 4.74 Å². The van der Waals surface area contributed by atoms with E-state index in [1.54, 1.807) is 0 Å². The van der Waals surface area contributed by atoms with Gasteiger partial charge in [0.25, 0.3) is 0 Å². The summed E-state index contributed by atoms with van der Waals surface area (Å²) in [6.07, 6.45) is 2.31. The van der Waals surface area contributed by atoms with Gasteiger partial charge in [-0.3, -0.25) is 0 Å². The Bertz CT molecular complexity index is 347. The molecule has 0 aromatic heterocycles. The predicted molar refractivity (Wildman–Crippen MR) is 71.3 cm³/mol. The van der Waals surface area contributed by atoms with Gasteiger partial charge in [-0.2, -0.15) is 0 Å². The minimum atomic E-state index is 0.316. The topological polar surface area (TPSA) is 9.23 Å². The van der Waals surface area contributed by atoms with Crippen LogP contribution >= 0.6 is 15.9 Å². The first-order chi connectivity index (χ1) is 7.67. The van der Waals surface area contributed by atoms with Crippen molar-refractivity contribution in [3.8, 4) is 0 Å². The van der Waals surface area contributed by atoms with Crippen molar-refractivity contribution in [3.05, 3.63) is 34.9 Å². The third kappa shape index (κ3) is 2.33. The molecule has 0 bridgehead atoms. The minimum absolute atomic E-state index is 0.316. The van der Waals surface area contributed by atoms with Crippen LogP contribution in [0.5, 0.6) is 0 Å². The van der Waals surface area contributed by atoms with Crippen molar-refractivity contribution in [1.29, 1.82) is 0 Å². The average molecular weight is 283 g/mol. The Labute approximate surface area is 106 Å². The maximum Gasteiger partial charge on any atom is 0.0534 e. The van der Waals surface area contributed by atoms with Gasteiger partial charge in [0.05, 0.1) is 6.61 Å². The van der Waals surface area contributed by atoms with Crippen LogP contribution in [0.4, 0.5) is 0 Å². The molecule has 0 radical (unpaired) electrons. The third-order valence-corrected chi connectivity index (χ3v) is 4.85. The second-order valence-corrected chi connectivity index (χ2v) is 5.54. The monoisotopic (exact) mass is 282 g/mol. The zero-order valence-electron chi connectivity index (χ0n) is 10.1. The summed E-state index contributed by atoms with van der Waals surface area (Å²) in [5.74, 6) is 0. The van der Waals surface area contributed by atoms with Crippen molar-refractivity contribution in [1.82, 2.24) is 0 Å². The second kappa shape index (κ2) is 4.89. The molecule has 1 saturated heterocycles. The first-order valence-electron chi connectivity index (χ1n) is 5.86. The molecule has 1 aliphatic rings.